The molecule has 1 aromatic carbocycles. The molecule has 1 aliphatic heterocycles. The number of aliphatic hydroxyl groups is 1. The van der Waals surface area contributed by atoms with Gasteiger partial charge in [-0.05, 0) is 18.6 Å². The SMILES string of the molecule is Cl.OCC[C@@H](c1ccc(O)c(O)c1O)N1CCNCC1. The summed E-state index contributed by atoms with van der Waals surface area (Å²) < 4.78 is 0. The molecule has 0 radical (unpaired) electrons. The molecule has 1 atom stereocenters. The van der Waals surface area contributed by atoms with Crippen LogP contribution in [0.1, 0.15) is 18.0 Å². The molecule has 0 amide bonds. The average Bonchev–Trinajstić information content (AvgIpc) is 2.44. The maximum absolute atomic E-state index is 9.97. The van der Waals surface area contributed by atoms with Gasteiger partial charge in [-0.25, -0.2) is 0 Å². The van der Waals surface area contributed by atoms with Crippen molar-refractivity contribution in [1.82, 2.24) is 10.2 Å². The van der Waals surface area contributed by atoms with E-state index in [1.165, 1.54) is 6.07 Å². The van der Waals surface area contributed by atoms with Crippen molar-refractivity contribution in [2.75, 3.05) is 32.8 Å². The predicted molar refractivity (Wildman–Crippen MR) is 77.6 cm³/mol. The molecular formula is C13H21ClN2O4. The largest absolute Gasteiger partial charge is 0.504 e. The lowest BCUT2D eigenvalue weighted by Gasteiger charge is -2.35. The zero-order valence-corrected chi connectivity index (χ0v) is 11.9. The fraction of sp³-hybridized carbons (Fsp3) is 0.538. The van der Waals surface area contributed by atoms with E-state index in [-0.39, 0.29) is 36.6 Å². The van der Waals surface area contributed by atoms with Crippen molar-refractivity contribution >= 4 is 12.4 Å². The minimum atomic E-state index is -0.504. The second kappa shape index (κ2) is 7.54. The molecule has 7 heteroatoms. The van der Waals surface area contributed by atoms with Gasteiger partial charge < -0.3 is 25.7 Å². The molecule has 0 aliphatic carbocycles. The Hall–Kier alpha value is -1.21. The van der Waals surface area contributed by atoms with Crippen LogP contribution in [0, 0.1) is 0 Å². The van der Waals surface area contributed by atoms with Crippen LogP contribution in [0.3, 0.4) is 0 Å². The highest BCUT2D eigenvalue weighted by Gasteiger charge is 2.26. The fourth-order valence-corrected chi connectivity index (χ4v) is 2.50. The first-order valence-electron chi connectivity index (χ1n) is 6.44. The maximum atomic E-state index is 9.97. The zero-order chi connectivity index (χ0) is 13.8. The first-order chi connectivity index (χ1) is 9.15. The molecule has 0 bridgehead atoms. The van der Waals surface area contributed by atoms with Gasteiger partial charge in [0.1, 0.15) is 0 Å². The summed E-state index contributed by atoms with van der Waals surface area (Å²) in [5.41, 5.74) is 0.534. The van der Waals surface area contributed by atoms with Crippen molar-refractivity contribution in [3.63, 3.8) is 0 Å². The molecule has 1 saturated heterocycles. The predicted octanol–water partition coefficient (Wildman–Crippen LogP) is 0.554. The number of hydrogen-bond acceptors (Lipinski definition) is 6. The van der Waals surface area contributed by atoms with Crippen LogP contribution in [0.4, 0.5) is 0 Å². The molecule has 114 valence electrons. The maximum Gasteiger partial charge on any atom is 0.200 e. The molecule has 6 nitrogen and oxygen atoms in total. The van der Waals surface area contributed by atoms with E-state index in [1.54, 1.807) is 6.07 Å². The Labute approximate surface area is 124 Å². The summed E-state index contributed by atoms with van der Waals surface area (Å²) in [6.07, 6.45) is 0.470. The third-order valence-corrected chi connectivity index (χ3v) is 3.52. The lowest BCUT2D eigenvalue weighted by Crippen LogP contribution is -2.45. The molecule has 5 N–H and O–H groups in total. The van der Waals surface area contributed by atoms with E-state index in [4.69, 9.17) is 0 Å². The normalized spacial score (nSPS) is 17.4. The standard InChI is InChI=1S/C13H20N2O4.ClH/c16-8-3-10(15-6-4-14-5-7-15)9-1-2-11(17)13(19)12(9)18;/h1-2,10,14,16-19H,3-8H2;1H/t10-;/m0./s1. The summed E-state index contributed by atoms with van der Waals surface area (Å²) in [6, 6.07) is 2.78. The number of aliphatic hydroxyl groups excluding tert-OH is 1. The van der Waals surface area contributed by atoms with Gasteiger partial charge in [-0.1, -0.05) is 0 Å². The Morgan fingerprint density at radius 2 is 1.75 bits per heavy atom. The number of rotatable bonds is 4. The van der Waals surface area contributed by atoms with Gasteiger partial charge in [-0.15, -0.1) is 12.4 Å². The highest BCUT2D eigenvalue weighted by Crippen LogP contribution is 2.42. The van der Waals surface area contributed by atoms with E-state index < -0.39 is 5.75 Å². The number of aromatic hydroxyl groups is 3. The summed E-state index contributed by atoms with van der Waals surface area (Å²) >= 11 is 0. The van der Waals surface area contributed by atoms with E-state index >= 15 is 0 Å². The van der Waals surface area contributed by atoms with Crippen molar-refractivity contribution in [3.8, 4) is 17.2 Å². The molecule has 1 aliphatic rings. The van der Waals surface area contributed by atoms with Gasteiger partial charge in [0, 0.05) is 44.4 Å². The Balaban J connectivity index is 0.00000200. The van der Waals surface area contributed by atoms with E-state index in [0.29, 0.717) is 12.0 Å². The summed E-state index contributed by atoms with van der Waals surface area (Å²) in [7, 11) is 0. The Morgan fingerprint density at radius 1 is 1.10 bits per heavy atom. The summed E-state index contributed by atoms with van der Waals surface area (Å²) in [6.45, 7) is 3.33. The van der Waals surface area contributed by atoms with E-state index in [1.807, 2.05) is 0 Å². The molecule has 0 unspecified atom stereocenters. The highest BCUT2D eigenvalue weighted by molar-refractivity contribution is 5.85. The Bertz CT molecular complexity index is 439. The average molecular weight is 305 g/mol. The smallest absolute Gasteiger partial charge is 0.200 e. The van der Waals surface area contributed by atoms with Gasteiger partial charge in [-0.2, -0.15) is 0 Å². The number of piperazine rings is 1. The van der Waals surface area contributed by atoms with Crippen molar-refractivity contribution in [3.05, 3.63) is 17.7 Å². The van der Waals surface area contributed by atoms with E-state index in [0.717, 1.165) is 26.2 Å². The van der Waals surface area contributed by atoms with Gasteiger partial charge in [0.2, 0.25) is 5.75 Å². The molecule has 0 aromatic heterocycles. The number of halogens is 1. The highest BCUT2D eigenvalue weighted by atomic mass is 35.5. The number of phenols is 3. The third-order valence-electron chi connectivity index (χ3n) is 3.52. The summed E-state index contributed by atoms with van der Waals surface area (Å²) in [4.78, 5) is 2.15. The van der Waals surface area contributed by atoms with Crippen LogP contribution < -0.4 is 5.32 Å². The molecule has 1 fully saturated rings. The van der Waals surface area contributed by atoms with E-state index in [2.05, 4.69) is 10.2 Å². The summed E-state index contributed by atoms with van der Waals surface area (Å²) in [5, 5.41) is 41.4. The molecule has 20 heavy (non-hydrogen) atoms. The molecule has 1 aromatic rings. The Kier molecular flexibility index (Phi) is 6.35. The topological polar surface area (TPSA) is 96.2 Å². The summed E-state index contributed by atoms with van der Waals surface area (Å²) in [5.74, 6) is -1.16. The zero-order valence-electron chi connectivity index (χ0n) is 11.1. The second-order valence-corrected chi connectivity index (χ2v) is 4.69. The third kappa shape index (κ3) is 3.46. The van der Waals surface area contributed by atoms with Gasteiger partial charge in [0.05, 0.1) is 0 Å². The van der Waals surface area contributed by atoms with Crippen LogP contribution in [0.15, 0.2) is 12.1 Å². The first kappa shape index (κ1) is 16.8. The number of hydrogen-bond donors (Lipinski definition) is 5. The van der Waals surface area contributed by atoms with Gasteiger partial charge in [-0.3, -0.25) is 4.90 Å². The lowest BCUT2D eigenvalue weighted by molar-refractivity contribution is 0.138. The number of benzene rings is 1. The van der Waals surface area contributed by atoms with Crippen LogP contribution in [0.5, 0.6) is 17.2 Å². The van der Waals surface area contributed by atoms with Crippen molar-refractivity contribution < 1.29 is 20.4 Å². The van der Waals surface area contributed by atoms with Crippen LogP contribution in [0.25, 0.3) is 0 Å². The second-order valence-electron chi connectivity index (χ2n) is 4.69. The van der Waals surface area contributed by atoms with Gasteiger partial charge in [0.15, 0.2) is 11.5 Å². The quantitative estimate of drug-likeness (QED) is 0.522. The number of nitrogens with zero attached hydrogens (tertiary/aromatic N) is 1. The van der Waals surface area contributed by atoms with Crippen LogP contribution in [0.2, 0.25) is 0 Å². The van der Waals surface area contributed by atoms with Gasteiger partial charge in [0.25, 0.3) is 0 Å². The fourth-order valence-electron chi connectivity index (χ4n) is 2.50. The number of phenolic OH excluding ortho intramolecular Hbond substituents is 3. The molecular weight excluding hydrogens is 284 g/mol. The van der Waals surface area contributed by atoms with Gasteiger partial charge >= 0.3 is 0 Å². The lowest BCUT2D eigenvalue weighted by atomic mass is 9.99. The van der Waals surface area contributed by atoms with Crippen LogP contribution in [-0.4, -0.2) is 58.1 Å². The molecule has 0 spiro atoms. The number of nitrogens with one attached hydrogen (secondary N) is 1. The first-order valence-corrected chi connectivity index (χ1v) is 6.44. The molecule has 0 saturated carbocycles. The van der Waals surface area contributed by atoms with E-state index in [9.17, 15) is 20.4 Å². The monoisotopic (exact) mass is 304 g/mol. The van der Waals surface area contributed by atoms with Crippen LogP contribution >= 0.6 is 12.4 Å². The van der Waals surface area contributed by atoms with Crippen molar-refractivity contribution in [2.24, 2.45) is 0 Å². The van der Waals surface area contributed by atoms with Crippen molar-refractivity contribution in [2.45, 2.75) is 12.5 Å². The minimum absolute atomic E-state index is 0. The molecule has 1 heterocycles. The van der Waals surface area contributed by atoms with Crippen LogP contribution in [-0.2, 0) is 0 Å². The van der Waals surface area contributed by atoms with Crippen molar-refractivity contribution in [1.29, 1.82) is 0 Å². The minimum Gasteiger partial charge on any atom is -0.504 e. The molecule has 2 rings (SSSR count). The Morgan fingerprint density at radius 3 is 2.35 bits per heavy atom.